The summed E-state index contributed by atoms with van der Waals surface area (Å²) in [6.45, 7) is 5.77. The second-order valence-corrected chi connectivity index (χ2v) is 4.31. The molecule has 2 N–H and O–H groups in total. The maximum atomic E-state index is 11.4. The fourth-order valence-corrected chi connectivity index (χ4v) is 1.06. The molecule has 0 fully saturated rings. The van der Waals surface area contributed by atoms with E-state index < -0.39 is 11.7 Å². The Balaban J connectivity index is 2.50. The number of nitrogens with zero attached hydrogens (tertiary/aromatic N) is 2. The number of anilines is 1. The van der Waals surface area contributed by atoms with Crippen LogP contribution < -0.4 is 5.32 Å². The van der Waals surface area contributed by atoms with E-state index in [0.29, 0.717) is 12.4 Å². The number of carbonyl (C=O) groups is 1. The molecule has 0 unspecified atom stereocenters. The van der Waals surface area contributed by atoms with Crippen LogP contribution in [0, 0.1) is 0 Å². The number of hydrogen-bond donors (Lipinski definition) is 2. The minimum Gasteiger partial charge on any atom is -0.444 e. The van der Waals surface area contributed by atoms with Crippen molar-refractivity contribution in [2.75, 3.05) is 11.9 Å². The van der Waals surface area contributed by atoms with E-state index in [-0.39, 0.29) is 6.61 Å². The van der Waals surface area contributed by atoms with Gasteiger partial charge in [0.1, 0.15) is 5.60 Å². The zero-order chi connectivity index (χ0) is 12.2. The van der Waals surface area contributed by atoms with Crippen molar-refractivity contribution >= 4 is 11.9 Å². The summed E-state index contributed by atoms with van der Waals surface area (Å²) in [6, 6.07) is 1.64. The molecule has 0 saturated heterocycles. The van der Waals surface area contributed by atoms with Crippen LogP contribution in [-0.4, -0.2) is 33.2 Å². The lowest BCUT2D eigenvalue weighted by Crippen LogP contribution is -2.27. The highest BCUT2D eigenvalue weighted by Gasteiger charge is 2.16. The van der Waals surface area contributed by atoms with Gasteiger partial charge in [-0.25, -0.2) is 4.79 Å². The van der Waals surface area contributed by atoms with Crippen LogP contribution in [0.25, 0.3) is 0 Å². The van der Waals surface area contributed by atoms with E-state index in [9.17, 15) is 4.79 Å². The molecule has 16 heavy (non-hydrogen) atoms. The van der Waals surface area contributed by atoms with Crippen molar-refractivity contribution in [1.82, 2.24) is 9.78 Å². The summed E-state index contributed by atoms with van der Waals surface area (Å²) < 4.78 is 6.60. The number of nitrogens with one attached hydrogen (secondary N) is 1. The summed E-state index contributed by atoms with van der Waals surface area (Å²) in [5, 5.41) is 15.2. The van der Waals surface area contributed by atoms with Crippen LogP contribution in [0.1, 0.15) is 20.8 Å². The molecule has 0 bridgehead atoms. The van der Waals surface area contributed by atoms with E-state index in [4.69, 9.17) is 9.84 Å². The Morgan fingerprint density at radius 3 is 2.88 bits per heavy atom. The number of ether oxygens (including phenoxy) is 1. The van der Waals surface area contributed by atoms with Crippen LogP contribution in [0.3, 0.4) is 0 Å². The minimum absolute atomic E-state index is 0.00750. The molecule has 90 valence electrons. The standard InChI is InChI=1S/C10H17N3O3/c1-10(2,3)16-9(15)11-8-4-5-13(12-8)6-7-14/h4-5,14H,6-7H2,1-3H3,(H,11,12,15). The first-order valence-corrected chi connectivity index (χ1v) is 5.05. The Morgan fingerprint density at radius 1 is 1.62 bits per heavy atom. The van der Waals surface area contributed by atoms with Gasteiger partial charge in [0.15, 0.2) is 5.82 Å². The summed E-state index contributed by atoms with van der Waals surface area (Å²) in [4.78, 5) is 11.4. The van der Waals surface area contributed by atoms with E-state index in [1.165, 1.54) is 4.68 Å². The number of aliphatic hydroxyl groups excluding tert-OH is 1. The molecule has 6 heteroatoms. The molecule has 0 aliphatic rings. The fourth-order valence-electron chi connectivity index (χ4n) is 1.06. The lowest BCUT2D eigenvalue weighted by atomic mass is 10.2. The molecule has 0 saturated carbocycles. The minimum atomic E-state index is -0.540. The van der Waals surface area contributed by atoms with Gasteiger partial charge in [0, 0.05) is 12.3 Å². The number of carbonyl (C=O) groups excluding carboxylic acids is 1. The Bertz CT molecular complexity index is 354. The van der Waals surface area contributed by atoms with Gasteiger partial charge < -0.3 is 9.84 Å². The Labute approximate surface area is 94.2 Å². The van der Waals surface area contributed by atoms with Crippen molar-refractivity contribution in [1.29, 1.82) is 0 Å². The molecular formula is C10H17N3O3. The third-order valence-corrected chi connectivity index (χ3v) is 1.60. The predicted molar refractivity (Wildman–Crippen MR) is 59.2 cm³/mol. The molecule has 0 spiro atoms. The molecule has 1 amide bonds. The molecule has 1 aromatic heterocycles. The molecule has 0 aliphatic heterocycles. The topological polar surface area (TPSA) is 76.4 Å². The van der Waals surface area contributed by atoms with Crippen molar-refractivity contribution in [2.45, 2.75) is 32.9 Å². The van der Waals surface area contributed by atoms with E-state index in [0.717, 1.165) is 0 Å². The molecular weight excluding hydrogens is 210 g/mol. The molecule has 1 heterocycles. The van der Waals surface area contributed by atoms with Gasteiger partial charge in [-0.05, 0) is 20.8 Å². The fraction of sp³-hybridized carbons (Fsp3) is 0.600. The van der Waals surface area contributed by atoms with Gasteiger partial charge in [0.05, 0.1) is 13.2 Å². The van der Waals surface area contributed by atoms with E-state index in [1.807, 2.05) is 0 Å². The van der Waals surface area contributed by atoms with Crippen LogP contribution in [0.4, 0.5) is 10.6 Å². The third kappa shape index (κ3) is 4.31. The zero-order valence-electron chi connectivity index (χ0n) is 9.73. The molecule has 0 atom stereocenters. The average Bonchev–Trinajstić information content (AvgIpc) is 2.49. The zero-order valence-corrected chi connectivity index (χ0v) is 9.73. The molecule has 0 aliphatic carbocycles. The Kier molecular flexibility index (Phi) is 3.89. The summed E-state index contributed by atoms with van der Waals surface area (Å²) in [5.41, 5.74) is -0.530. The molecule has 0 aromatic carbocycles. The number of hydrogen-bond acceptors (Lipinski definition) is 4. The first kappa shape index (κ1) is 12.5. The van der Waals surface area contributed by atoms with Gasteiger partial charge >= 0.3 is 6.09 Å². The number of aromatic nitrogens is 2. The number of rotatable bonds is 3. The van der Waals surface area contributed by atoms with Crippen LogP contribution in [-0.2, 0) is 11.3 Å². The van der Waals surface area contributed by atoms with Gasteiger partial charge in [-0.15, -0.1) is 0 Å². The third-order valence-electron chi connectivity index (χ3n) is 1.60. The molecule has 1 rings (SSSR count). The average molecular weight is 227 g/mol. The highest BCUT2D eigenvalue weighted by atomic mass is 16.6. The molecule has 1 aromatic rings. The normalized spacial score (nSPS) is 11.2. The second-order valence-electron chi connectivity index (χ2n) is 4.31. The van der Waals surface area contributed by atoms with Crippen molar-refractivity contribution in [3.8, 4) is 0 Å². The largest absolute Gasteiger partial charge is 0.444 e. The summed E-state index contributed by atoms with van der Waals surface area (Å²) >= 11 is 0. The van der Waals surface area contributed by atoms with Crippen molar-refractivity contribution in [2.24, 2.45) is 0 Å². The Hall–Kier alpha value is -1.56. The lowest BCUT2D eigenvalue weighted by Gasteiger charge is -2.19. The summed E-state index contributed by atoms with van der Waals surface area (Å²) in [6.07, 6.45) is 1.13. The predicted octanol–water partition coefficient (Wildman–Crippen LogP) is 1.22. The molecule has 0 radical (unpaired) electrons. The summed E-state index contributed by atoms with van der Waals surface area (Å²) in [5.74, 6) is 0.405. The number of aliphatic hydroxyl groups is 1. The van der Waals surface area contributed by atoms with Crippen LogP contribution >= 0.6 is 0 Å². The van der Waals surface area contributed by atoms with Gasteiger partial charge in [-0.2, -0.15) is 5.10 Å². The van der Waals surface area contributed by atoms with Crippen molar-refractivity contribution in [3.63, 3.8) is 0 Å². The summed E-state index contributed by atoms with van der Waals surface area (Å²) in [7, 11) is 0. The lowest BCUT2D eigenvalue weighted by molar-refractivity contribution is 0.0635. The van der Waals surface area contributed by atoms with E-state index >= 15 is 0 Å². The number of amides is 1. The van der Waals surface area contributed by atoms with Crippen molar-refractivity contribution in [3.05, 3.63) is 12.3 Å². The van der Waals surface area contributed by atoms with E-state index in [1.54, 1.807) is 33.0 Å². The molecule has 6 nitrogen and oxygen atoms in total. The monoisotopic (exact) mass is 227 g/mol. The highest BCUT2D eigenvalue weighted by molar-refractivity contribution is 5.83. The van der Waals surface area contributed by atoms with Gasteiger partial charge in [-0.1, -0.05) is 0 Å². The first-order chi connectivity index (χ1) is 7.40. The van der Waals surface area contributed by atoms with Gasteiger partial charge in [0.25, 0.3) is 0 Å². The first-order valence-electron chi connectivity index (χ1n) is 5.05. The van der Waals surface area contributed by atoms with Crippen molar-refractivity contribution < 1.29 is 14.6 Å². The highest BCUT2D eigenvalue weighted by Crippen LogP contribution is 2.09. The van der Waals surface area contributed by atoms with Crippen LogP contribution in [0.5, 0.6) is 0 Å². The van der Waals surface area contributed by atoms with Crippen LogP contribution in [0.2, 0.25) is 0 Å². The van der Waals surface area contributed by atoms with Gasteiger partial charge in [0.2, 0.25) is 0 Å². The smallest absolute Gasteiger partial charge is 0.413 e. The second kappa shape index (κ2) is 4.98. The van der Waals surface area contributed by atoms with Gasteiger partial charge in [-0.3, -0.25) is 10.00 Å². The van der Waals surface area contributed by atoms with E-state index in [2.05, 4.69) is 10.4 Å². The quantitative estimate of drug-likeness (QED) is 0.814. The van der Waals surface area contributed by atoms with Crippen LogP contribution in [0.15, 0.2) is 12.3 Å². The SMILES string of the molecule is CC(C)(C)OC(=O)Nc1ccn(CCO)n1. The maximum absolute atomic E-state index is 11.4. The Morgan fingerprint density at radius 2 is 2.31 bits per heavy atom. The maximum Gasteiger partial charge on any atom is 0.413 e.